The second-order valence-electron chi connectivity index (χ2n) is 5.07. The fourth-order valence-electron chi connectivity index (χ4n) is 2.49. The van der Waals surface area contributed by atoms with Crippen LogP contribution in [0.15, 0.2) is 30.7 Å². The summed E-state index contributed by atoms with van der Waals surface area (Å²) in [5, 5.41) is 22.0. The first-order chi connectivity index (χ1) is 11.6. The van der Waals surface area contributed by atoms with Crippen molar-refractivity contribution in [1.82, 2.24) is 15.0 Å². The lowest BCUT2D eigenvalue weighted by Crippen LogP contribution is -2.47. The molecule has 3 rings (SSSR count). The predicted molar refractivity (Wildman–Crippen MR) is 84.0 cm³/mol. The second kappa shape index (κ2) is 6.40. The lowest BCUT2D eigenvalue weighted by molar-refractivity contribution is -0.394. The molecule has 0 bridgehead atoms. The SMILES string of the molecule is O=[N+]([O-])c1cnc(N2CCN(c3ncccn3)CC2)c([N+](=O)[O-])c1. The Morgan fingerprint density at radius 3 is 2.12 bits per heavy atom. The predicted octanol–water partition coefficient (Wildman–Crippen LogP) is 1.01. The van der Waals surface area contributed by atoms with Gasteiger partial charge in [0.15, 0.2) is 0 Å². The highest BCUT2D eigenvalue weighted by Crippen LogP contribution is 2.30. The van der Waals surface area contributed by atoms with Gasteiger partial charge in [-0.2, -0.15) is 0 Å². The van der Waals surface area contributed by atoms with E-state index in [0.717, 1.165) is 12.3 Å². The normalized spacial score (nSPS) is 14.5. The van der Waals surface area contributed by atoms with E-state index in [9.17, 15) is 20.2 Å². The quantitative estimate of drug-likeness (QED) is 0.594. The largest absolute Gasteiger partial charge is 0.347 e. The van der Waals surface area contributed by atoms with Gasteiger partial charge in [0, 0.05) is 38.6 Å². The summed E-state index contributed by atoms with van der Waals surface area (Å²) >= 11 is 0. The van der Waals surface area contributed by atoms with E-state index >= 15 is 0 Å². The molecule has 124 valence electrons. The van der Waals surface area contributed by atoms with Crippen LogP contribution in [0, 0.1) is 20.2 Å². The molecule has 0 spiro atoms. The Labute approximate surface area is 135 Å². The van der Waals surface area contributed by atoms with Crippen LogP contribution in [-0.2, 0) is 0 Å². The summed E-state index contributed by atoms with van der Waals surface area (Å²) in [5.74, 6) is 0.738. The molecular weight excluding hydrogens is 318 g/mol. The number of piperazine rings is 1. The van der Waals surface area contributed by atoms with Gasteiger partial charge in [-0.3, -0.25) is 20.2 Å². The molecule has 1 aliphatic rings. The number of rotatable bonds is 4. The van der Waals surface area contributed by atoms with E-state index in [1.165, 1.54) is 0 Å². The molecule has 11 heteroatoms. The molecule has 1 fully saturated rings. The Kier molecular flexibility index (Phi) is 4.14. The van der Waals surface area contributed by atoms with Crippen molar-refractivity contribution in [2.45, 2.75) is 0 Å². The van der Waals surface area contributed by atoms with Crippen molar-refractivity contribution in [2.24, 2.45) is 0 Å². The molecule has 0 radical (unpaired) electrons. The van der Waals surface area contributed by atoms with E-state index in [4.69, 9.17) is 0 Å². The lowest BCUT2D eigenvalue weighted by Gasteiger charge is -2.34. The van der Waals surface area contributed by atoms with Crippen LogP contribution in [0.1, 0.15) is 0 Å². The molecule has 1 saturated heterocycles. The highest BCUT2D eigenvalue weighted by molar-refractivity contribution is 5.61. The van der Waals surface area contributed by atoms with Crippen LogP contribution >= 0.6 is 0 Å². The minimum Gasteiger partial charge on any atom is -0.347 e. The lowest BCUT2D eigenvalue weighted by atomic mass is 10.2. The van der Waals surface area contributed by atoms with Gasteiger partial charge in [0.05, 0.1) is 15.9 Å². The summed E-state index contributed by atoms with van der Waals surface area (Å²) in [6, 6.07) is 2.67. The molecule has 2 aromatic heterocycles. The monoisotopic (exact) mass is 331 g/mol. The van der Waals surface area contributed by atoms with Crippen molar-refractivity contribution < 1.29 is 9.85 Å². The van der Waals surface area contributed by atoms with Crippen LogP contribution < -0.4 is 9.80 Å². The van der Waals surface area contributed by atoms with Crippen molar-refractivity contribution >= 4 is 23.1 Å². The van der Waals surface area contributed by atoms with Crippen LogP contribution in [0.4, 0.5) is 23.1 Å². The van der Waals surface area contributed by atoms with Gasteiger partial charge in [-0.15, -0.1) is 0 Å². The molecule has 2 aromatic rings. The minimum atomic E-state index is -0.700. The second-order valence-corrected chi connectivity index (χ2v) is 5.07. The molecule has 1 aliphatic heterocycles. The Balaban J connectivity index is 1.79. The molecule has 0 saturated carbocycles. The van der Waals surface area contributed by atoms with Crippen LogP contribution in [0.3, 0.4) is 0 Å². The molecule has 0 amide bonds. The van der Waals surface area contributed by atoms with Crippen LogP contribution in [0.2, 0.25) is 0 Å². The van der Waals surface area contributed by atoms with Crippen LogP contribution in [0.5, 0.6) is 0 Å². The highest BCUT2D eigenvalue weighted by Gasteiger charge is 2.28. The van der Waals surface area contributed by atoms with Crippen molar-refractivity contribution in [2.75, 3.05) is 36.0 Å². The summed E-state index contributed by atoms with van der Waals surface area (Å²) < 4.78 is 0. The number of pyridine rings is 1. The average molecular weight is 331 g/mol. The smallest absolute Gasteiger partial charge is 0.318 e. The van der Waals surface area contributed by atoms with Gasteiger partial charge < -0.3 is 9.80 Å². The van der Waals surface area contributed by atoms with Gasteiger partial charge in [0.1, 0.15) is 6.20 Å². The third-order valence-electron chi connectivity index (χ3n) is 3.65. The maximum atomic E-state index is 11.2. The first-order valence-corrected chi connectivity index (χ1v) is 7.12. The van der Waals surface area contributed by atoms with Gasteiger partial charge >= 0.3 is 5.69 Å². The van der Waals surface area contributed by atoms with Gasteiger partial charge in [-0.1, -0.05) is 0 Å². The molecule has 11 nitrogen and oxygen atoms in total. The summed E-state index contributed by atoms with van der Waals surface area (Å²) in [6.45, 7) is 2.09. The number of hydrogen-bond acceptors (Lipinski definition) is 9. The third-order valence-corrected chi connectivity index (χ3v) is 3.65. The first-order valence-electron chi connectivity index (χ1n) is 7.12. The summed E-state index contributed by atoms with van der Waals surface area (Å²) in [7, 11) is 0. The Morgan fingerprint density at radius 1 is 0.917 bits per heavy atom. The Morgan fingerprint density at radius 2 is 1.54 bits per heavy atom. The fourth-order valence-corrected chi connectivity index (χ4v) is 2.49. The number of nitrogens with zero attached hydrogens (tertiary/aromatic N) is 7. The molecule has 0 unspecified atom stereocenters. The summed E-state index contributed by atoms with van der Waals surface area (Å²) in [5.41, 5.74) is -0.768. The molecule has 0 N–H and O–H groups in total. The van der Waals surface area contributed by atoms with Crippen molar-refractivity contribution in [3.63, 3.8) is 0 Å². The fraction of sp³-hybridized carbons (Fsp3) is 0.308. The maximum absolute atomic E-state index is 11.2. The standard InChI is InChI=1S/C13H13N7O4/c21-19(22)10-8-11(20(23)24)12(16-9-10)17-4-6-18(7-5-17)13-14-2-1-3-15-13/h1-3,8-9H,4-7H2. The molecule has 0 aromatic carbocycles. The number of hydrogen-bond donors (Lipinski definition) is 0. The molecule has 0 atom stereocenters. The third kappa shape index (κ3) is 3.04. The Hall–Kier alpha value is -3.37. The molecular formula is C13H13N7O4. The molecule has 24 heavy (non-hydrogen) atoms. The van der Waals surface area contributed by atoms with Crippen molar-refractivity contribution in [3.8, 4) is 0 Å². The summed E-state index contributed by atoms with van der Waals surface area (Å²) in [4.78, 5) is 36.6. The average Bonchev–Trinajstić information content (AvgIpc) is 2.62. The topological polar surface area (TPSA) is 131 Å². The maximum Gasteiger partial charge on any atom is 0.318 e. The zero-order valence-corrected chi connectivity index (χ0v) is 12.5. The van der Waals surface area contributed by atoms with Crippen LogP contribution in [0.25, 0.3) is 0 Å². The van der Waals surface area contributed by atoms with E-state index < -0.39 is 15.5 Å². The number of anilines is 2. The van der Waals surface area contributed by atoms with Gasteiger partial charge in [0.25, 0.3) is 5.69 Å². The van der Waals surface area contributed by atoms with E-state index in [2.05, 4.69) is 15.0 Å². The van der Waals surface area contributed by atoms with Crippen molar-refractivity contribution in [3.05, 3.63) is 51.0 Å². The Bertz CT molecular complexity index is 762. The van der Waals surface area contributed by atoms with Gasteiger partial charge in [-0.25, -0.2) is 15.0 Å². The van der Waals surface area contributed by atoms with E-state index in [0.29, 0.717) is 32.1 Å². The van der Waals surface area contributed by atoms with Crippen molar-refractivity contribution in [1.29, 1.82) is 0 Å². The minimum absolute atomic E-state index is 0.138. The van der Waals surface area contributed by atoms with E-state index in [1.807, 2.05) is 4.90 Å². The zero-order chi connectivity index (χ0) is 17.1. The number of nitro groups is 2. The summed E-state index contributed by atoms with van der Waals surface area (Å²) in [6.07, 6.45) is 4.34. The highest BCUT2D eigenvalue weighted by atomic mass is 16.6. The van der Waals surface area contributed by atoms with Gasteiger partial charge in [0.2, 0.25) is 11.8 Å². The van der Waals surface area contributed by atoms with Gasteiger partial charge in [-0.05, 0) is 6.07 Å². The first kappa shape index (κ1) is 15.5. The van der Waals surface area contributed by atoms with E-state index in [1.54, 1.807) is 23.4 Å². The molecule has 3 heterocycles. The van der Waals surface area contributed by atoms with Crippen LogP contribution in [-0.4, -0.2) is 51.0 Å². The van der Waals surface area contributed by atoms with E-state index in [-0.39, 0.29) is 11.5 Å². The zero-order valence-electron chi connectivity index (χ0n) is 12.5. The molecule has 0 aliphatic carbocycles. The number of aromatic nitrogens is 3.